The monoisotopic (exact) mass is 421 g/mol. The first-order valence-electron chi connectivity index (χ1n) is 11.4. The minimum atomic E-state index is -0.288. The van der Waals surface area contributed by atoms with Crippen LogP contribution in [0, 0.1) is 19.7 Å². The lowest BCUT2D eigenvalue weighted by Gasteiger charge is -2.32. The first-order chi connectivity index (χ1) is 14.9. The smallest absolute Gasteiger partial charge is 0.257 e. The number of carbonyl (C=O) groups is 1. The summed E-state index contributed by atoms with van der Waals surface area (Å²) in [5, 5.41) is 6.40. The summed E-state index contributed by atoms with van der Waals surface area (Å²) in [6.45, 7) is 4.46. The molecule has 1 amide bonds. The van der Waals surface area contributed by atoms with E-state index in [0.717, 1.165) is 40.8 Å². The summed E-state index contributed by atoms with van der Waals surface area (Å²) in [6, 6.07) is 13.0. The van der Waals surface area contributed by atoms with Gasteiger partial charge in [-0.25, -0.2) is 9.40 Å². The molecule has 0 saturated heterocycles. The lowest BCUT2D eigenvalue weighted by molar-refractivity contribution is -0.134. The molecule has 0 unspecified atom stereocenters. The number of hydrazone groups is 1. The van der Waals surface area contributed by atoms with E-state index in [1.807, 2.05) is 13.1 Å². The maximum Gasteiger partial charge on any atom is 0.257 e. The highest BCUT2D eigenvalue weighted by molar-refractivity contribution is 6.04. The normalized spacial score (nSPS) is 19.7. The van der Waals surface area contributed by atoms with Crippen molar-refractivity contribution in [3.05, 3.63) is 70.5 Å². The number of halogens is 1. The SMILES string of the molecule is Cc1ccc(C)c(C2=NN(C(=O)CN(C)C3CCCCC3)[C@@H](c3cccc(F)c3)C2)c1. The van der Waals surface area contributed by atoms with Crippen molar-refractivity contribution in [2.75, 3.05) is 13.6 Å². The fraction of sp³-hybridized carbons (Fsp3) is 0.462. The van der Waals surface area contributed by atoms with Gasteiger partial charge in [-0.1, -0.05) is 49.1 Å². The van der Waals surface area contributed by atoms with Crippen LogP contribution in [0.3, 0.4) is 0 Å². The van der Waals surface area contributed by atoms with E-state index in [4.69, 9.17) is 5.10 Å². The number of carbonyl (C=O) groups excluding carboxylic acids is 1. The maximum absolute atomic E-state index is 14.0. The number of amides is 1. The van der Waals surface area contributed by atoms with Gasteiger partial charge in [0, 0.05) is 18.0 Å². The lowest BCUT2D eigenvalue weighted by atomic mass is 9.94. The number of hydrogen-bond donors (Lipinski definition) is 0. The highest BCUT2D eigenvalue weighted by atomic mass is 19.1. The van der Waals surface area contributed by atoms with Crippen LogP contribution in [0.2, 0.25) is 0 Å². The molecule has 0 radical (unpaired) electrons. The quantitative estimate of drug-likeness (QED) is 0.649. The van der Waals surface area contributed by atoms with E-state index in [1.165, 1.54) is 31.4 Å². The Kier molecular flexibility index (Phi) is 6.51. The highest BCUT2D eigenvalue weighted by Gasteiger charge is 2.34. The van der Waals surface area contributed by atoms with E-state index in [0.29, 0.717) is 19.0 Å². The third kappa shape index (κ3) is 4.87. The van der Waals surface area contributed by atoms with Crippen LogP contribution in [0.5, 0.6) is 0 Å². The molecule has 164 valence electrons. The molecular weight excluding hydrogens is 389 g/mol. The molecule has 5 heteroatoms. The van der Waals surface area contributed by atoms with Gasteiger partial charge in [0.2, 0.25) is 0 Å². The van der Waals surface area contributed by atoms with Gasteiger partial charge in [-0.3, -0.25) is 9.69 Å². The van der Waals surface area contributed by atoms with Gasteiger partial charge < -0.3 is 0 Å². The van der Waals surface area contributed by atoms with E-state index >= 15 is 0 Å². The first-order valence-corrected chi connectivity index (χ1v) is 11.4. The van der Waals surface area contributed by atoms with Gasteiger partial charge >= 0.3 is 0 Å². The molecule has 0 spiro atoms. The molecule has 1 aliphatic heterocycles. The second-order valence-corrected chi connectivity index (χ2v) is 9.09. The van der Waals surface area contributed by atoms with Crippen molar-refractivity contribution in [1.82, 2.24) is 9.91 Å². The van der Waals surface area contributed by atoms with Crippen LogP contribution in [-0.2, 0) is 4.79 Å². The molecule has 1 heterocycles. The average Bonchev–Trinajstić information content (AvgIpc) is 3.21. The van der Waals surface area contributed by atoms with E-state index in [-0.39, 0.29) is 17.8 Å². The Morgan fingerprint density at radius 3 is 2.65 bits per heavy atom. The molecule has 31 heavy (non-hydrogen) atoms. The minimum Gasteiger partial charge on any atom is -0.295 e. The van der Waals surface area contributed by atoms with Gasteiger partial charge in [0.15, 0.2) is 0 Å². The van der Waals surface area contributed by atoms with Crippen molar-refractivity contribution >= 4 is 11.6 Å². The van der Waals surface area contributed by atoms with Crippen molar-refractivity contribution in [3.8, 4) is 0 Å². The van der Waals surface area contributed by atoms with Gasteiger partial charge in [0.05, 0.1) is 18.3 Å². The summed E-state index contributed by atoms with van der Waals surface area (Å²) in [4.78, 5) is 15.6. The van der Waals surface area contributed by atoms with Gasteiger partial charge in [-0.2, -0.15) is 5.10 Å². The Morgan fingerprint density at radius 2 is 1.90 bits per heavy atom. The van der Waals surface area contributed by atoms with Crippen molar-refractivity contribution in [1.29, 1.82) is 0 Å². The number of rotatable bonds is 5. The predicted octanol–water partition coefficient (Wildman–Crippen LogP) is 5.38. The molecule has 1 aliphatic carbocycles. The summed E-state index contributed by atoms with van der Waals surface area (Å²) < 4.78 is 14.0. The first kappa shape index (κ1) is 21.7. The summed E-state index contributed by atoms with van der Waals surface area (Å²) in [7, 11) is 2.04. The Hall–Kier alpha value is -2.53. The Morgan fingerprint density at radius 1 is 1.13 bits per heavy atom. The van der Waals surface area contributed by atoms with Crippen LogP contribution in [0.25, 0.3) is 0 Å². The Labute approximate surface area is 184 Å². The molecule has 1 fully saturated rings. The second-order valence-electron chi connectivity index (χ2n) is 9.09. The molecule has 1 saturated carbocycles. The van der Waals surface area contributed by atoms with E-state index in [1.54, 1.807) is 11.1 Å². The molecule has 0 N–H and O–H groups in total. The molecule has 2 aromatic carbocycles. The molecule has 2 aliphatic rings. The lowest BCUT2D eigenvalue weighted by Crippen LogP contribution is -2.42. The predicted molar refractivity (Wildman–Crippen MR) is 123 cm³/mol. The fourth-order valence-electron chi connectivity index (χ4n) is 4.86. The number of benzene rings is 2. The van der Waals surface area contributed by atoms with Gasteiger partial charge in [0.1, 0.15) is 5.82 Å². The van der Waals surface area contributed by atoms with Gasteiger partial charge in [-0.05, 0) is 63.1 Å². The van der Waals surface area contributed by atoms with Crippen molar-refractivity contribution < 1.29 is 9.18 Å². The molecule has 2 aromatic rings. The third-order valence-electron chi connectivity index (χ3n) is 6.69. The van der Waals surface area contributed by atoms with Crippen LogP contribution in [0.1, 0.15) is 66.8 Å². The third-order valence-corrected chi connectivity index (χ3v) is 6.69. The molecule has 4 nitrogen and oxygen atoms in total. The van der Waals surface area contributed by atoms with E-state index in [9.17, 15) is 9.18 Å². The average molecular weight is 422 g/mol. The standard InChI is InChI=1S/C26H32FN3O/c1-18-12-13-19(2)23(14-18)24-16-25(20-8-7-9-21(27)15-20)30(28-24)26(31)17-29(3)22-10-5-4-6-11-22/h7-9,12-15,22,25H,4-6,10-11,16-17H2,1-3H3/t25-/m1/s1. The van der Waals surface area contributed by atoms with Gasteiger partial charge in [-0.15, -0.1) is 0 Å². The largest absolute Gasteiger partial charge is 0.295 e. The molecular formula is C26H32FN3O. The topological polar surface area (TPSA) is 35.9 Å². The van der Waals surface area contributed by atoms with E-state index in [2.05, 4.69) is 36.9 Å². The summed E-state index contributed by atoms with van der Waals surface area (Å²) in [5.74, 6) is -0.313. The second kappa shape index (κ2) is 9.31. The molecule has 1 atom stereocenters. The van der Waals surface area contributed by atoms with Crippen LogP contribution in [0.15, 0.2) is 47.6 Å². The summed E-state index contributed by atoms with van der Waals surface area (Å²) >= 11 is 0. The zero-order chi connectivity index (χ0) is 22.0. The Bertz CT molecular complexity index is 980. The summed E-state index contributed by atoms with van der Waals surface area (Å²) in [6.07, 6.45) is 6.63. The van der Waals surface area contributed by atoms with Crippen LogP contribution >= 0.6 is 0 Å². The molecule has 0 bridgehead atoms. The van der Waals surface area contributed by atoms with Crippen LogP contribution in [-0.4, -0.2) is 41.2 Å². The zero-order valence-electron chi connectivity index (χ0n) is 18.8. The minimum absolute atomic E-state index is 0.0253. The number of hydrogen-bond acceptors (Lipinski definition) is 3. The number of nitrogens with zero attached hydrogens (tertiary/aromatic N) is 3. The number of likely N-dealkylation sites (N-methyl/N-ethyl adjacent to an activating group) is 1. The van der Waals surface area contributed by atoms with Gasteiger partial charge in [0.25, 0.3) is 5.91 Å². The van der Waals surface area contributed by atoms with Crippen molar-refractivity contribution in [2.24, 2.45) is 5.10 Å². The number of aryl methyl sites for hydroxylation is 2. The Balaban J connectivity index is 1.62. The van der Waals surface area contributed by atoms with E-state index < -0.39 is 0 Å². The highest BCUT2D eigenvalue weighted by Crippen LogP contribution is 2.34. The summed E-state index contributed by atoms with van der Waals surface area (Å²) in [5.41, 5.74) is 5.04. The fourth-order valence-corrected chi connectivity index (χ4v) is 4.86. The zero-order valence-corrected chi connectivity index (χ0v) is 18.8. The van der Waals surface area contributed by atoms with Crippen LogP contribution < -0.4 is 0 Å². The maximum atomic E-state index is 14.0. The molecule has 0 aromatic heterocycles. The van der Waals surface area contributed by atoms with Crippen molar-refractivity contribution in [3.63, 3.8) is 0 Å². The van der Waals surface area contributed by atoms with Crippen LogP contribution in [0.4, 0.5) is 4.39 Å². The molecule has 4 rings (SSSR count). The van der Waals surface area contributed by atoms with Crippen molar-refractivity contribution in [2.45, 2.75) is 64.5 Å².